The molecule has 0 bridgehead atoms. The van der Waals surface area contributed by atoms with E-state index in [0.29, 0.717) is 15.8 Å². The van der Waals surface area contributed by atoms with E-state index in [9.17, 15) is 4.79 Å². The van der Waals surface area contributed by atoms with Crippen LogP contribution in [0, 0.1) is 5.92 Å². The third kappa shape index (κ3) is 4.63. The zero-order valence-corrected chi connectivity index (χ0v) is 16.5. The van der Waals surface area contributed by atoms with E-state index in [4.69, 9.17) is 11.6 Å². The number of piperidine rings is 1. The van der Waals surface area contributed by atoms with Crippen LogP contribution in [-0.2, 0) is 11.2 Å². The van der Waals surface area contributed by atoms with E-state index < -0.39 is 0 Å². The maximum Gasteiger partial charge on any atom is 0.286 e. The maximum absolute atomic E-state index is 12.3. The largest absolute Gasteiger partial charge is 0.351 e. The van der Waals surface area contributed by atoms with E-state index in [2.05, 4.69) is 40.2 Å². The van der Waals surface area contributed by atoms with Gasteiger partial charge in [-0.1, -0.05) is 54.1 Å². The summed E-state index contributed by atoms with van der Waals surface area (Å²) >= 11 is 7.41. The summed E-state index contributed by atoms with van der Waals surface area (Å²) in [5.41, 5.74) is 2.38. The lowest BCUT2D eigenvalue weighted by molar-refractivity contribution is -0.113. The van der Waals surface area contributed by atoms with Crippen LogP contribution in [-0.4, -0.2) is 29.1 Å². The molecule has 2 heterocycles. The van der Waals surface area contributed by atoms with E-state index in [0.717, 1.165) is 43.1 Å². The highest BCUT2D eigenvalue weighted by molar-refractivity contribution is 8.18. The molecule has 0 saturated carbocycles. The van der Waals surface area contributed by atoms with E-state index in [1.54, 1.807) is 0 Å². The molecule has 0 aliphatic carbocycles. The Morgan fingerprint density at radius 3 is 2.48 bits per heavy atom. The second kappa shape index (κ2) is 8.32. The molecule has 2 aliphatic heterocycles. The van der Waals surface area contributed by atoms with Gasteiger partial charge in [0.1, 0.15) is 0 Å². The molecule has 5 heteroatoms. The summed E-state index contributed by atoms with van der Waals surface area (Å²) in [4.78, 5) is 19.5. The molecule has 2 aromatic carbocycles. The Morgan fingerprint density at radius 2 is 1.78 bits per heavy atom. The van der Waals surface area contributed by atoms with Crippen LogP contribution in [0.2, 0.25) is 5.02 Å². The number of thioether (sulfide) groups is 1. The van der Waals surface area contributed by atoms with Gasteiger partial charge in [0.05, 0.1) is 4.91 Å². The quantitative estimate of drug-likeness (QED) is 0.663. The van der Waals surface area contributed by atoms with Crippen molar-refractivity contribution in [1.82, 2.24) is 4.90 Å². The molecule has 27 heavy (non-hydrogen) atoms. The molecule has 2 aromatic rings. The van der Waals surface area contributed by atoms with Crippen LogP contribution in [0.4, 0.5) is 0 Å². The summed E-state index contributed by atoms with van der Waals surface area (Å²) in [5.74, 6) is 0.562. The van der Waals surface area contributed by atoms with Crippen molar-refractivity contribution in [3.63, 3.8) is 0 Å². The van der Waals surface area contributed by atoms with Crippen LogP contribution in [0.1, 0.15) is 24.0 Å². The van der Waals surface area contributed by atoms with Crippen molar-refractivity contribution in [3.8, 4) is 0 Å². The lowest BCUT2D eigenvalue weighted by atomic mass is 9.90. The number of nitrogens with zero attached hydrogens (tertiary/aromatic N) is 2. The Kier molecular flexibility index (Phi) is 5.65. The zero-order valence-electron chi connectivity index (χ0n) is 15.0. The minimum Gasteiger partial charge on any atom is -0.351 e. The molecular weight excluding hydrogens is 376 g/mol. The average Bonchev–Trinajstić information content (AvgIpc) is 3.05. The number of carbonyl (C=O) groups is 1. The molecule has 1 fully saturated rings. The van der Waals surface area contributed by atoms with Crippen LogP contribution in [0.25, 0.3) is 6.08 Å². The molecule has 0 spiro atoms. The van der Waals surface area contributed by atoms with Gasteiger partial charge in [-0.15, -0.1) is 0 Å². The van der Waals surface area contributed by atoms with Crippen LogP contribution in [0.15, 0.2) is 64.5 Å². The van der Waals surface area contributed by atoms with Crippen molar-refractivity contribution in [2.75, 3.05) is 13.1 Å². The minimum absolute atomic E-state index is 0.142. The molecule has 4 rings (SSSR count). The van der Waals surface area contributed by atoms with Crippen molar-refractivity contribution in [2.24, 2.45) is 10.9 Å². The summed E-state index contributed by atoms with van der Waals surface area (Å²) in [5, 5.41) is 1.54. The number of amides is 1. The van der Waals surface area contributed by atoms with Gasteiger partial charge in [0, 0.05) is 18.1 Å². The highest BCUT2D eigenvalue weighted by Gasteiger charge is 2.29. The molecule has 0 radical (unpaired) electrons. The summed E-state index contributed by atoms with van der Waals surface area (Å²) in [6, 6.07) is 18.2. The molecule has 0 atom stereocenters. The monoisotopic (exact) mass is 396 g/mol. The summed E-state index contributed by atoms with van der Waals surface area (Å²) in [6.07, 6.45) is 5.30. The number of halogens is 1. The van der Waals surface area contributed by atoms with Gasteiger partial charge in [0.15, 0.2) is 5.17 Å². The molecule has 0 N–H and O–H groups in total. The molecular formula is C22H21ClN2OS. The topological polar surface area (TPSA) is 32.7 Å². The van der Waals surface area contributed by atoms with E-state index in [-0.39, 0.29) is 5.91 Å². The standard InChI is InChI=1S/C22H21ClN2OS/c23-19-8-6-17(7-9-19)15-20-21(26)24-22(27-20)25-12-10-18(11-13-25)14-16-4-2-1-3-5-16/h1-9,15,18H,10-14H2/b20-15-. The third-order valence-electron chi connectivity index (χ3n) is 5.03. The van der Waals surface area contributed by atoms with Crippen molar-refractivity contribution in [1.29, 1.82) is 0 Å². The molecule has 0 aromatic heterocycles. The van der Waals surface area contributed by atoms with Gasteiger partial charge in [-0.3, -0.25) is 4.79 Å². The lowest BCUT2D eigenvalue weighted by Gasteiger charge is -2.32. The fourth-order valence-electron chi connectivity index (χ4n) is 3.52. The molecule has 1 amide bonds. The first-order valence-electron chi connectivity index (χ1n) is 9.24. The van der Waals surface area contributed by atoms with Crippen LogP contribution >= 0.6 is 23.4 Å². The number of benzene rings is 2. The fourth-order valence-corrected chi connectivity index (χ4v) is 4.61. The van der Waals surface area contributed by atoms with Crippen LogP contribution in [0.3, 0.4) is 0 Å². The smallest absolute Gasteiger partial charge is 0.286 e. The number of hydrogen-bond acceptors (Lipinski definition) is 3. The zero-order chi connectivity index (χ0) is 18.6. The Balaban J connectivity index is 1.34. The van der Waals surface area contributed by atoms with Crippen molar-refractivity contribution in [2.45, 2.75) is 19.3 Å². The Morgan fingerprint density at radius 1 is 1.07 bits per heavy atom. The molecule has 3 nitrogen and oxygen atoms in total. The van der Waals surface area contributed by atoms with Gasteiger partial charge in [-0.2, -0.15) is 4.99 Å². The second-order valence-corrected chi connectivity index (χ2v) is 8.43. The van der Waals surface area contributed by atoms with Crippen molar-refractivity contribution < 1.29 is 4.79 Å². The van der Waals surface area contributed by atoms with Crippen molar-refractivity contribution in [3.05, 3.63) is 75.7 Å². The van der Waals surface area contributed by atoms with Crippen LogP contribution < -0.4 is 0 Å². The predicted molar refractivity (Wildman–Crippen MR) is 114 cm³/mol. The average molecular weight is 397 g/mol. The Bertz CT molecular complexity index is 869. The van der Waals surface area contributed by atoms with E-state index in [1.807, 2.05) is 30.3 Å². The second-order valence-electron chi connectivity index (χ2n) is 6.98. The Labute approximate surface area is 169 Å². The van der Waals surface area contributed by atoms with Gasteiger partial charge in [0.25, 0.3) is 5.91 Å². The van der Waals surface area contributed by atoms with Gasteiger partial charge in [-0.25, -0.2) is 0 Å². The molecule has 2 aliphatic rings. The lowest BCUT2D eigenvalue weighted by Crippen LogP contribution is -2.37. The SMILES string of the molecule is O=C1N=C(N2CCC(Cc3ccccc3)CC2)S/C1=C\c1ccc(Cl)cc1. The number of hydrogen-bond donors (Lipinski definition) is 0. The molecule has 1 saturated heterocycles. The van der Waals surface area contributed by atoms with Gasteiger partial charge in [0.2, 0.25) is 0 Å². The summed E-state index contributed by atoms with van der Waals surface area (Å²) < 4.78 is 0. The first-order chi connectivity index (χ1) is 13.2. The predicted octanol–water partition coefficient (Wildman–Crippen LogP) is 5.27. The summed E-state index contributed by atoms with van der Waals surface area (Å²) in [7, 11) is 0. The number of rotatable bonds is 3. The number of aliphatic imine (C=N–C) groups is 1. The van der Waals surface area contributed by atoms with Gasteiger partial charge in [-0.05, 0) is 66.3 Å². The summed E-state index contributed by atoms with van der Waals surface area (Å²) in [6.45, 7) is 1.93. The number of amidine groups is 1. The highest BCUT2D eigenvalue weighted by atomic mass is 35.5. The van der Waals surface area contributed by atoms with E-state index in [1.165, 1.54) is 17.3 Å². The molecule has 138 valence electrons. The third-order valence-corrected chi connectivity index (χ3v) is 6.33. The van der Waals surface area contributed by atoms with Gasteiger partial charge < -0.3 is 4.90 Å². The number of carbonyl (C=O) groups excluding carboxylic acids is 1. The first kappa shape index (κ1) is 18.3. The highest BCUT2D eigenvalue weighted by Crippen LogP contribution is 2.32. The Hall–Kier alpha value is -2.04. The minimum atomic E-state index is -0.142. The number of likely N-dealkylation sites (tertiary alicyclic amines) is 1. The normalized spacial score (nSPS) is 19.6. The first-order valence-corrected chi connectivity index (χ1v) is 10.4. The van der Waals surface area contributed by atoms with Crippen LogP contribution in [0.5, 0.6) is 0 Å². The van der Waals surface area contributed by atoms with E-state index >= 15 is 0 Å². The van der Waals surface area contributed by atoms with Crippen molar-refractivity contribution >= 4 is 40.5 Å². The molecule has 0 unspecified atom stereocenters. The van der Waals surface area contributed by atoms with Gasteiger partial charge >= 0.3 is 0 Å². The fraction of sp³-hybridized carbons (Fsp3) is 0.273. The maximum atomic E-state index is 12.3.